The Morgan fingerprint density at radius 2 is 2.50 bits per heavy atom. The van der Waals surface area contributed by atoms with Crippen molar-refractivity contribution in [3.05, 3.63) is 29.5 Å². The summed E-state index contributed by atoms with van der Waals surface area (Å²) in [7, 11) is 0. The zero-order valence-corrected chi connectivity index (χ0v) is 11.9. The molecule has 0 bridgehead atoms. The van der Waals surface area contributed by atoms with Crippen molar-refractivity contribution < 1.29 is 9.21 Å². The van der Waals surface area contributed by atoms with Crippen LogP contribution in [0.25, 0.3) is 10.8 Å². The molecule has 2 aromatic rings. The first-order chi connectivity index (χ1) is 9.78. The van der Waals surface area contributed by atoms with Crippen LogP contribution in [0.5, 0.6) is 0 Å². The standard InChI is InChI=1S/C14H17N3O2S/c15-8-11-3-1-5-17(11)13(18)7-10-9-19-14(16-10)12-4-2-6-20-12/h2,4,6,9,11H,1,3,5,7-8,15H2. The lowest BCUT2D eigenvalue weighted by Crippen LogP contribution is -2.40. The first-order valence-corrected chi connectivity index (χ1v) is 7.63. The summed E-state index contributed by atoms with van der Waals surface area (Å²) in [6.07, 6.45) is 3.89. The largest absolute Gasteiger partial charge is 0.444 e. The second-order valence-corrected chi connectivity index (χ2v) is 5.86. The molecule has 0 spiro atoms. The summed E-state index contributed by atoms with van der Waals surface area (Å²) >= 11 is 1.57. The van der Waals surface area contributed by atoms with Crippen LogP contribution in [0.15, 0.2) is 28.2 Å². The average Bonchev–Trinajstić information content (AvgIpc) is 3.19. The molecule has 1 saturated heterocycles. The predicted molar refractivity (Wildman–Crippen MR) is 77.3 cm³/mol. The van der Waals surface area contributed by atoms with Crippen molar-refractivity contribution >= 4 is 17.2 Å². The number of carbonyl (C=O) groups excluding carboxylic acids is 1. The van der Waals surface area contributed by atoms with Crippen LogP contribution in [-0.2, 0) is 11.2 Å². The van der Waals surface area contributed by atoms with Gasteiger partial charge in [0.2, 0.25) is 11.8 Å². The zero-order valence-electron chi connectivity index (χ0n) is 11.1. The van der Waals surface area contributed by atoms with Gasteiger partial charge in [-0.25, -0.2) is 4.98 Å². The first kappa shape index (κ1) is 13.3. The van der Waals surface area contributed by atoms with Gasteiger partial charge in [0.15, 0.2) is 0 Å². The van der Waals surface area contributed by atoms with E-state index in [-0.39, 0.29) is 18.4 Å². The minimum atomic E-state index is 0.0870. The van der Waals surface area contributed by atoms with Crippen molar-refractivity contribution in [3.8, 4) is 10.8 Å². The minimum Gasteiger partial charge on any atom is -0.444 e. The number of aromatic nitrogens is 1. The van der Waals surface area contributed by atoms with Crippen LogP contribution in [-0.4, -0.2) is 34.9 Å². The fourth-order valence-corrected chi connectivity index (χ4v) is 3.22. The molecule has 20 heavy (non-hydrogen) atoms. The smallest absolute Gasteiger partial charge is 0.236 e. The molecule has 6 heteroatoms. The van der Waals surface area contributed by atoms with Gasteiger partial charge >= 0.3 is 0 Å². The summed E-state index contributed by atoms with van der Waals surface area (Å²) in [6, 6.07) is 4.09. The molecule has 2 N–H and O–H groups in total. The fourth-order valence-electron chi connectivity index (χ4n) is 2.57. The molecule has 0 saturated carbocycles. The predicted octanol–water partition coefficient (Wildman–Crippen LogP) is 1.90. The topological polar surface area (TPSA) is 72.4 Å². The SMILES string of the molecule is NCC1CCCN1C(=O)Cc1coc(-c2cccs2)n1. The molecule has 0 aromatic carbocycles. The van der Waals surface area contributed by atoms with Gasteiger partial charge in [0, 0.05) is 19.1 Å². The Hall–Kier alpha value is -1.66. The number of likely N-dealkylation sites (tertiary alicyclic amines) is 1. The number of carbonyl (C=O) groups is 1. The van der Waals surface area contributed by atoms with Gasteiger partial charge in [-0.05, 0) is 24.3 Å². The number of oxazole rings is 1. The van der Waals surface area contributed by atoms with Crippen LogP contribution in [0.1, 0.15) is 18.5 Å². The number of thiophene rings is 1. The zero-order chi connectivity index (χ0) is 13.9. The van der Waals surface area contributed by atoms with E-state index in [1.807, 2.05) is 22.4 Å². The Morgan fingerprint density at radius 3 is 3.25 bits per heavy atom. The summed E-state index contributed by atoms with van der Waals surface area (Å²) < 4.78 is 5.43. The second kappa shape index (κ2) is 5.76. The second-order valence-electron chi connectivity index (χ2n) is 4.92. The van der Waals surface area contributed by atoms with E-state index in [9.17, 15) is 4.79 Å². The molecule has 1 aliphatic heterocycles. The van der Waals surface area contributed by atoms with Crippen molar-refractivity contribution in [1.82, 2.24) is 9.88 Å². The number of hydrogen-bond acceptors (Lipinski definition) is 5. The lowest BCUT2D eigenvalue weighted by molar-refractivity contribution is -0.131. The van der Waals surface area contributed by atoms with E-state index in [0.29, 0.717) is 18.1 Å². The van der Waals surface area contributed by atoms with Gasteiger partial charge in [0.1, 0.15) is 6.26 Å². The third-order valence-electron chi connectivity index (χ3n) is 3.59. The summed E-state index contributed by atoms with van der Waals surface area (Å²) in [5, 5.41) is 1.97. The van der Waals surface area contributed by atoms with Crippen LogP contribution in [0, 0.1) is 0 Å². The van der Waals surface area contributed by atoms with E-state index in [2.05, 4.69) is 4.98 Å². The maximum absolute atomic E-state index is 12.3. The molecular formula is C14H17N3O2S. The van der Waals surface area contributed by atoms with Gasteiger partial charge in [-0.3, -0.25) is 4.79 Å². The van der Waals surface area contributed by atoms with Gasteiger partial charge in [0.25, 0.3) is 0 Å². The van der Waals surface area contributed by atoms with Gasteiger partial charge in [0.05, 0.1) is 17.0 Å². The van der Waals surface area contributed by atoms with Gasteiger partial charge in [-0.1, -0.05) is 6.07 Å². The third kappa shape index (κ3) is 2.62. The molecular weight excluding hydrogens is 274 g/mol. The van der Waals surface area contributed by atoms with Gasteiger partial charge < -0.3 is 15.1 Å². The van der Waals surface area contributed by atoms with Gasteiger partial charge in [-0.2, -0.15) is 0 Å². The van der Waals surface area contributed by atoms with Crippen molar-refractivity contribution in [2.24, 2.45) is 5.73 Å². The number of hydrogen-bond donors (Lipinski definition) is 1. The van der Waals surface area contributed by atoms with Crippen LogP contribution < -0.4 is 5.73 Å². The Bertz CT molecular complexity index is 579. The van der Waals surface area contributed by atoms with Crippen molar-refractivity contribution in [2.75, 3.05) is 13.1 Å². The van der Waals surface area contributed by atoms with Crippen LogP contribution in [0.3, 0.4) is 0 Å². The van der Waals surface area contributed by atoms with Gasteiger partial charge in [-0.15, -0.1) is 11.3 Å². The number of nitrogens with zero attached hydrogens (tertiary/aromatic N) is 2. The van der Waals surface area contributed by atoms with Crippen molar-refractivity contribution in [1.29, 1.82) is 0 Å². The normalized spacial score (nSPS) is 18.6. The maximum Gasteiger partial charge on any atom is 0.236 e. The molecule has 3 heterocycles. The third-order valence-corrected chi connectivity index (χ3v) is 4.44. The monoisotopic (exact) mass is 291 g/mol. The highest BCUT2D eigenvalue weighted by atomic mass is 32.1. The van der Waals surface area contributed by atoms with Crippen LogP contribution in [0.4, 0.5) is 0 Å². The van der Waals surface area contributed by atoms with Crippen LogP contribution >= 0.6 is 11.3 Å². The molecule has 0 radical (unpaired) electrons. The Morgan fingerprint density at radius 1 is 1.60 bits per heavy atom. The first-order valence-electron chi connectivity index (χ1n) is 6.75. The number of rotatable bonds is 4. The van der Waals surface area contributed by atoms with E-state index in [1.54, 1.807) is 17.6 Å². The molecule has 1 aliphatic rings. The van der Waals surface area contributed by atoms with Crippen molar-refractivity contribution in [3.63, 3.8) is 0 Å². The van der Waals surface area contributed by atoms with Crippen molar-refractivity contribution in [2.45, 2.75) is 25.3 Å². The summed E-state index contributed by atoms with van der Waals surface area (Å²) in [4.78, 5) is 19.5. The molecule has 3 rings (SSSR count). The molecule has 5 nitrogen and oxygen atoms in total. The average molecular weight is 291 g/mol. The summed E-state index contributed by atoms with van der Waals surface area (Å²) in [5.41, 5.74) is 6.38. The number of nitrogens with two attached hydrogens (primary N) is 1. The quantitative estimate of drug-likeness (QED) is 0.933. The molecule has 0 aliphatic carbocycles. The highest BCUT2D eigenvalue weighted by Gasteiger charge is 2.27. The molecule has 2 aromatic heterocycles. The Balaban J connectivity index is 1.67. The Labute approximate surface area is 121 Å². The molecule has 106 valence electrons. The lowest BCUT2D eigenvalue weighted by Gasteiger charge is -2.22. The minimum absolute atomic E-state index is 0.0870. The molecule has 1 atom stereocenters. The van der Waals surface area contributed by atoms with E-state index in [0.717, 1.165) is 24.3 Å². The molecule has 1 fully saturated rings. The van der Waals surface area contributed by atoms with Crippen LogP contribution in [0.2, 0.25) is 0 Å². The van der Waals surface area contributed by atoms with E-state index >= 15 is 0 Å². The summed E-state index contributed by atoms with van der Waals surface area (Å²) in [5.74, 6) is 0.670. The summed E-state index contributed by atoms with van der Waals surface area (Å²) in [6.45, 7) is 1.33. The lowest BCUT2D eigenvalue weighted by atomic mass is 10.2. The maximum atomic E-state index is 12.3. The van der Waals surface area contributed by atoms with E-state index < -0.39 is 0 Å². The number of amides is 1. The Kier molecular flexibility index (Phi) is 3.84. The highest BCUT2D eigenvalue weighted by molar-refractivity contribution is 7.13. The molecule has 1 unspecified atom stereocenters. The fraction of sp³-hybridized carbons (Fsp3) is 0.429. The highest BCUT2D eigenvalue weighted by Crippen LogP contribution is 2.24. The van der Waals surface area contributed by atoms with E-state index in [1.165, 1.54) is 0 Å². The molecule has 1 amide bonds. The van der Waals surface area contributed by atoms with E-state index in [4.69, 9.17) is 10.2 Å².